The Morgan fingerprint density at radius 1 is 0.971 bits per heavy atom. The molecule has 2 aromatic carbocycles. The zero-order chi connectivity index (χ0) is 26.0. The highest BCUT2D eigenvalue weighted by Gasteiger charge is 2.31. The number of hydrogen-bond donors (Lipinski definition) is 2. The minimum atomic E-state index is -4.14. The lowest BCUT2D eigenvalue weighted by Crippen LogP contribution is -2.16. The molecule has 0 aromatic heterocycles. The first kappa shape index (κ1) is 28.3. The largest absolute Gasteiger partial charge is 0.497 e. The van der Waals surface area contributed by atoms with Crippen molar-refractivity contribution in [3.8, 4) is 17.6 Å². The molecule has 0 saturated heterocycles. The molecule has 0 unspecified atom stereocenters. The third-order valence-electron chi connectivity index (χ3n) is 6.21. The van der Waals surface area contributed by atoms with E-state index in [9.17, 15) is 18.3 Å². The van der Waals surface area contributed by atoms with Gasteiger partial charge in [0.05, 0.1) is 33.7 Å². The van der Waals surface area contributed by atoms with E-state index < -0.39 is 15.8 Å². The highest BCUT2D eigenvalue weighted by Crippen LogP contribution is 2.36. The third-order valence-corrected chi connectivity index (χ3v) is 8.15. The number of carbonyl (C=O) groups is 1. The Hall–Kier alpha value is -2.98. The number of ether oxygens (including phenoxy) is 1. The van der Waals surface area contributed by atoms with Gasteiger partial charge in [0.15, 0.2) is 0 Å². The van der Waals surface area contributed by atoms with Crippen molar-refractivity contribution >= 4 is 21.5 Å². The number of unbranched alkanes of at least 4 members (excludes halogenated alkanes) is 8. The van der Waals surface area contributed by atoms with Crippen LogP contribution in [0.3, 0.4) is 0 Å². The van der Waals surface area contributed by atoms with Crippen LogP contribution in [-0.2, 0) is 9.84 Å². The summed E-state index contributed by atoms with van der Waals surface area (Å²) < 4.78 is 32.0. The van der Waals surface area contributed by atoms with Gasteiger partial charge in [-0.15, -0.1) is 0 Å². The topological polar surface area (TPSA) is 107 Å². The minimum Gasteiger partial charge on any atom is -0.497 e. The molecule has 35 heavy (non-hydrogen) atoms. The second-order valence-electron chi connectivity index (χ2n) is 8.75. The van der Waals surface area contributed by atoms with Gasteiger partial charge in [-0.05, 0) is 55.7 Å². The van der Waals surface area contributed by atoms with Crippen LogP contribution in [0.2, 0.25) is 0 Å². The van der Waals surface area contributed by atoms with Crippen molar-refractivity contribution in [2.75, 3.05) is 12.8 Å². The molecule has 0 heterocycles. The summed E-state index contributed by atoms with van der Waals surface area (Å²) in [5.41, 5.74) is 7.06. The summed E-state index contributed by atoms with van der Waals surface area (Å²) in [6.45, 7) is 5.30. The molecule has 3 N–H and O–H groups in total. The molecule has 0 radical (unpaired) electrons. The number of nitrogens with two attached hydrogens (primary N) is 1. The number of benzene rings is 2. The smallest absolute Gasteiger partial charge is 0.337 e. The number of nitrogen functional groups attached to an aromatic ring is 1. The Morgan fingerprint density at radius 2 is 1.54 bits per heavy atom. The first-order chi connectivity index (χ1) is 16.7. The fourth-order valence-corrected chi connectivity index (χ4v) is 5.87. The molecular formula is C28H37NO5S. The van der Waals surface area contributed by atoms with E-state index in [1.54, 1.807) is 6.92 Å². The van der Waals surface area contributed by atoms with Gasteiger partial charge in [0.25, 0.3) is 0 Å². The lowest BCUT2D eigenvalue weighted by molar-refractivity contribution is 0.0691. The van der Waals surface area contributed by atoms with Crippen LogP contribution in [-0.4, -0.2) is 26.6 Å². The van der Waals surface area contributed by atoms with Crippen molar-refractivity contribution in [2.24, 2.45) is 0 Å². The maximum atomic E-state index is 13.4. The monoisotopic (exact) mass is 499 g/mol. The van der Waals surface area contributed by atoms with Crippen LogP contribution < -0.4 is 10.5 Å². The van der Waals surface area contributed by atoms with Gasteiger partial charge in [-0.2, -0.15) is 0 Å². The van der Waals surface area contributed by atoms with E-state index >= 15 is 0 Å². The first-order valence-electron chi connectivity index (χ1n) is 12.2. The van der Waals surface area contributed by atoms with Gasteiger partial charge in [-0.1, -0.05) is 63.7 Å². The van der Waals surface area contributed by atoms with Crippen molar-refractivity contribution in [3.63, 3.8) is 0 Å². The number of anilines is 1. The molecule has 7 heteroatoms. The Bertz CT molecular complexity index is 1190. The molecule has 0 bridgehead atoms. The van der Waals surface area contributed by atoms with Crippen LogP contribution in [0.4, 0.5) is 5.69 Å². The van der Waals surface area contributed by atoms with Crippen LogP contribution in [0.5, 0.6) is 5.75 Å². The molecule has 0 aliphatic heterocycles. The molecule has 6 nitrogen and oxygen atoms in total. The van der Waals surface area contributed by atoms with E-state index in [0.717, 1.165) is 12.8 Å². The van der Waals surface area contributed by atoms with Crippen LogP contribution in [0, 0.1) is 25.7 Å². The fraction of sp³-hybridized carbons (Fsp3) is 0.464. The van der Waals surface area contributed by atoms with Crippen LogP contribution >= 0.6 is 0 Å². The van der Waals surface area contributed by atoms with E-state index in [-0.39, 0.29) is 32.2 Å². The molecule has 0 fully saturated rings. The van der Waals surface area contributed by atoms with Gasteiger partial charge in [-0.3, -0.25) is 0 Å². The highest BCUT2D eigenvalue weighted by molar-refractivity contribution is 7.91. The molecule has 190 valence electrons. The summed E-state index contributed by atoms with van der Waals surface area (Å²) in [4.78, 5) is 11.9. The second kappa shape index (κ2) is 13.2. The SMILES string of the molecule is CCCCCCCCCCC#Cc1c(C)c(C(=O)O)c(S(=O)(=O)c2ccc(OC)cc2)c(C)c1N. The van der Waals surface area contributed by atoms with Crippen LogP contribution in [0.15, 0.2) is 34.1 Å². The summed E-state index contributed by atoms with van der Waals surface area (Å²) in [5, 5.41) is 9.95. The average molecular weight is 500 g/mol. The fourth-order valence-electron chi connectivity index (χ4n) is 4.12. The molecule has 0 amide bonds. The molecule has 0 aliphatic rings. The highest BCUT2D eigenvalue weighted by atomic mass is 32.2. The lowest BCUT2D eigenvalue weighted by atomic mass is 9.96. The van der Waals surface area contributed by atoms with E-state index in [2.05, 4.69) is 18.8 Å². The van der Waals surface area contributed by atoms with E-state index in [0.29, 0.717) is 17.7 Å². The number of carboxylic acid groups (broad SMARTS) is 1. The number of methoxy groups -OCH3 is 1. The van der Waals surface area contributed by atoms with Gasteiger partial charge in [0, 0.05) is 6.42 Å². The maximum Gasteiger partial charge on any atom is 0.337 e. The third kappa shape index (κ3) is 7.02. The molecule has 0 spiro atoms. The lowest BCUT2D eigenvalue weighted by Gasteiger charge is -2.18. The van der Waals surface area contributed by atoms with Crippen molar-refractivity contribution < 1.29 is 23.1 Å². The van der Waals surface area contributed by atoms with Gasteiger partial charge < -0.3 is 15.6 Å². The van der Waals surface area contributed by atoms with Gasteiger partial charge in [0.2, 0.25) is 9.84 Å². The molecule has 0 saturated carbocycles. The van der Waals surface area contributed by atoms with E-state index in [4.69, 9.17) is 10.5 Å². The van der Waals surface area contributed by atoms with Crippen molar-refractivity contribution in [1.82, 2.24) is 0 Å². The van der Waals surface area contributed by atoms with Gasteiger partial charge in [0.1, 0.15) is 5.75 Å². The summed E-state index contributed by atoms with van der Waals surface area (Å²) in [6, 6.07) is 5.82. The standard InChI is InChI=1S/C28H37NO5S/c1-5-6-7-8-9-10-11-12-13-14-15-24-20(2)25(28(30)31)27(21(3)26(24)29)35(32,33)23-18-16-22(34-4)17-19-23/h16-19H,5-13,29H2,1-4H3,(H,30,31). The average Bonchev–Trinajstić information content (AvgIpc) is 2.83. The quantitative estimate of drug-likeness (QED) is 0.201. The Kier molecular flexibility index (Phi) is 10.7. The number of aromatic carboxylic acids is 1. The number of carboxylic acids is 1. The predicted molar refractivity (Wildman–Crippen MR) is 140 cm³/mol. The van der Waals surface area contributed by atoms with Gasteiger partial charge in [-0.25, -0.2) is 13.2 Å². The number of hydrogen-bond acceptors (Lipinski definition) is 5. The number of rotatable bonds is 12. The Labute approximate surface area is 209 Å². The predicted octanol–water partition coefficient (Wildman–Crippen LogP) is 6.31. The van der Waals surface area contributed by atoms with Crippen molar-refractivity contribution in [2.45, 2.75) is 88.3 Å². The normalized spacial score (nSPS) is 11.1. The van der Waals surface area contributed by atoms with E-state index in [1.807, 2.05) is 0 Å². The summed E-state index contributed by atoms with van der Waals surface area (Å²) in [6.07, 6.45) is 10.3. The maximum absolute atomic E-state index is 13.4. The molecular weight excluding hydrogens is 462 g/mol. The minimum absolute atomic E-state index is 0.0313. The van der Waals surface area contributed by atoms with E-state index in [1.165, 1.54) is 76.8 Å². The Morgan fingerprint density at radius 3 is 2.09 bits per heavy atom. The number of sulfone groups is 1. The van der Waals surface area contributed by atoms with Crippen LogP contribution in [0.1, 0.15) is 91.8 Å². The second-order valence-corrected chi connectivity index (χ2v) is 10.6. The summed E-state index contributed by atoms with van der Waals surface area (Å²) in [5.74, 6) is 5.29. The molecule has 0 atom stereocenters. The summed E-state index contributed by atoms with van der Waals surface area (Å²) in [7, 11) is -2.66. The van der Waals surface area contributed by atoms with Gasteiger partial charge >= 0.3 is 5.97 Å². The molecule has 2 rings (SSSR count). The molecule has 0 aliphatic carbocycles. The van der Waals surface area contributed by atoms with Crippen molar-refractivity contribution in [1.29, 1.82) is 0 Å². The zero-order valence-corrected chi connectivity index (χ0v) is 22.1. The molecule has 2 aromatic rings. The first-order valence-corrected chi connectivity index (χ1v) is 13.7. The van der Waals surface area contributed by atoms with Crippen LogP contribution in [0.25, 0.3) is 0 Å². The zero-order valence-electron chi connectivity index (χ0n) is 21.2. The van der Waals surface area contributed by atoms with Crippen molar-refractivity contribution in [3.05, 3.63) is 46.5 Å². The summed E-state index contributed by atoms with van der Waals surface area (Å²) >= 11 is 0. The Balaban J connectivity index is 2.30.